The third-order valence-electron chi connectivity index (χ3n) is 4.66. The lowest BCUT2D eigenvalue weighted by atomic mass is 10.1. The summed E-state index contributed by atoms with van der Waals surface area (Å²) in [5.74, 6) is 0. The van der Waals surface area contributed by atoms with E-state index in [9.17, 15) is 5.11 Å². The zero-order chi connectivity index (χ0) is 22.1. The van der Waals surface area contributed by atoms with Gasteiger partial charge in [-0.15, -0.1) is 11.8 Å². The van der Waals surface area contributed by atoms with E-state index >= 15 is 0 Å². The van der Waals surface area contributed by atoms with Gasteiger partial charge in [-0.05, 0) is 30.2 Å². The molecule has 0 aliphatic heterocycles. The second-order valence-electron chi connectivity index (χ2n) is 7.36. The number of thioether (sulfide) groups is 1. The molecular formula is C23H21Cl2N3OS2. The van der Waals surface area contributed by atoms with Crippen molar-refractivity contribution < 1.29 is 5.11 Å². The van der Waals surface area contributed by atoms with Crippen molar-refractivity contribution in [2.45, 2.75) is 36.8 Å². The van der Waals surface area contributed by atoms with Crippen LogP contribution in [0.25, 0.3) is 27.5 Å². The number of benzene rings is 2. The van der Waals surface area contributed by atoms with E-state index in [0.717, 1.165) is 43.0 Å². The predicted octanol–water partition coefficient (Wildman–Crippen LogP) is 7.27. The molecule has 0 aliphatic rings. The Hall–Kier alpha value is -1.83. The lowest BCUT2D eigenvalue weighted by molar-refractivity contribution is 0.282. The first kappa shape index (κ1) is 22.4. The molecule has 0 saturated carbocycles. The van der Waals surface area contributed by atoms with Crippen LogP contribution < -0.4 is 0 Å². The predicted molar refractivity (Wildman–Crippen MR) is 132 cm³/mol. The van der Waals surface area contributed by atoms with Crippen LogP contribution in [-0.2, 0) is 6.61 Å². The van der Waals surface area contributed by atoms with Gasteiger partial charge >= 0.3 is 0 Å². The number of hydrogen-bond acceptors (Lipinski definition) is 5. The molecule has 2 aromatic carbocycles. The maximum atomic E-state index is 9.28. The molecule has 2 aromatic heterocycles. The molecule has 4 rings (SSSR count). The summed E-state index contributed by atoms with van der Waals surface area (Å²) in [4.78, 5) is 4.91. The van der Waals surface area contributed by atoms with Gasteiger partial charge in [0.05, 0.1) is 32.2 Å². The number of aromatic nitrogens is 3. The minimum Gasteiger partial charge on any atom is -0.392 e. The Bertz CT molecular complexity index is 1220. The molecule has 0 unspecified atom stereocenters. The summed E-state index contributed by atoms with van der Waals surface area (Å²) in [7, 11) is 0. The number of aliphatic hydroxyl groups is 1. The third kappa shape index (κ3) is 4.83. The van der Waals surface area contributed by atoms with Crippen LogP contribution in [0.3, 0.4) is 0 Å². The Morgan fingerprint density at radius 3 is 2.42 bits per heavy atom. The normalized spacial score (nSPS) is 11.5. The molecule has 2 heterocycles. The molecule has 160 valence electrons. The number of thiazole rings is 1. The number of halogens is 2. The number of hydrogen-bond donors (Lipinski definition) is 1. The van der Waals surface area contributed by atoms with Crippen LogP contribution >= 0.6 is 46.3 Å². The standard InChI is InChI=1S/C23H21Cl2N3OS2/c1-13(2)30-22-21(17-8-9-19(24)20(25)10-17)26-23(31-22)28-11-18(14(3)27-28)16-6-4-15(12-29)5-7-16/h4-11,13,29H,12H2,1-3H3. The van der Waals surface area contributed by atoms with Crippen molar-refractivity contribution in [1.82, 2.24) is 14.8 Å². The number of nitrogens with zero attached hydrogens (tertiary/aromatic N) is 3. The number of aryl methyl sites for hydroxylation is 1. The van der Waals surface area contributed by atoms with E-state index in [1.54, 1.807) is 29.2 Å². The summed E-state index contributed by atoms with van der Waals surface area (Å²) < 4.78 is 2.95. The van der Waals surface area contributed by atoms with Gasteiger partial charge in [-0.1, -0.05) is 78.7 Å². The molecule has 0 aliphatic carbocycles. The lowest BCUT2D eigenvalue weighted by Gasteiger charge is -2.05. The Morgan fingerprint density at radius 2 is 1.77 bits per heavy atom. The van der Waals surface area contributed by atoms with Gasteiger partial charge in [-0.2, -0.15) is 5.10 Å². The average Bonchev–Trinajstić information content (AvgIpc) is 3.33. The first-order valence-corrected chi connectivity index (χ1v) is 12.2. The molecule has 31 heavy (non-hydrogen) atoms. The van der Waals surface area contributed by atoms with Gasteiger partial charge in [0.1, 0.15) is 0 Å². The fourth-order valence-corrected chi connectivity index (χ4v) is 5.89. The Balaban J connectivity index is 1.76. The molecule has 0 atom stereocenters. The molecule has 0 radical (unpaired) electrons. The molecule has 4 nitrogen and oxygen atoms in total. The smallest absolute Gasteiger partial charge is 0.211 e. The summed E-state index contributed by atoms with van der Waals surface area (Å²) in [6.45, 7) is 6.35. The number of rotatable bonds is 6. The van der Waals surface area contributed by atoms with Gasteiger partial charge in [0.2, 0.25) is 5.13 Å². The molecule has 0 bridgehead atoms. The highest BCUT2D eigenvalue weighted by molar-refractivity contribution is 8.01. The van der Waals surface area contributed by atoms with Crippen LogP contribution in [-0.4, -0.2) is 25.1 Å². The van der Waals surface area contributed by atoms with Gasteiger partial charge < -0.3 is 5.11 Å². The molecule has 0 spiro atoms. The van der Waals surface area contributed by atoms with Crippen LogP contribution in [0.4, 0.5) is 0 Å². The Labute approximate surface area is 199 Å². The van der Waals surface area contributed by atoms with E-state index in [1.165, 1.54) is 0 Å². The summed E-state index contributed by atoms with van der Waals surface area (Å²) in [5, 5.41) is 16.2. The van der Waals surface area contributed by atoms with E-state index in [1.807, 2.05) is 54.2 Å². The van der Waals surface area contributed by atoms with Crippen molar-refractivity contribution in [2.75, 3.05) is 0 Å². The first-order chi connectivity index (χ1) is 14.9. The molecule has 8 heteroatoms. The summed E-state index contributed by atoms with van der Waals surface area (Å²) in [6.07, 6.45) is 2.00. The first-order valence-electron chi connectivity index (χ1n) is 9.75. The number of aliphatic hydroxyl groups excluding tert-OH is 1. The van der Waals surface area contributed by atoms with Crippen LogP contribution in [0.5, 0.6) is 0 Å². The van der Waals surface area contributed by atoms with Crippen molar-refractivity contribution in [1.29, 1.82) is 0 Å². The second-order valence-corrected chi connectivity index (χ2v) is 11.0. The van der Waals surface area contributed by atoms with Crippen molar-refractivity contribution in [3.8, 4) is 27.5 Å². The van der Waals surface area contributed by atoms with Crippen LogP contribution in [0.2, 0.25) is 10.0 Å². The lowest BCUT2D eigenvalue weighted by Crippen LogP contribution is -1.94. The largest absolute Gasteiger partial charge is 0.392 e. The summed E-state index contributed by atoms with van der Waals surface area (Å²) in [5.41, 5.74) is 5.72. The highest BCUT2D eigenvalue weighted by atomic mass is 35.5. The molecular weight excluding hydrogens is 469 g/mol. The van der Waals surface area contributed by atoms with Crippen molar-refractivity contribution in [3.63, 3.8) is 0 Å². The van der Waals surface area contributed by atoms with E-state index in [0.29, 0.717) is 15.3 Å². The molecule has 1 N–H and O–H groups in total. The van der Waals surface area contributed by atoms with Gasteiger partial charge in [0.15, 0.2) is 0 Å². The van der Waals surface area contributed by atoms with Gasteiger partial charge in [0, 0.05) is 22.6 Å². The third-order valence-corrected chi connectivity index (χ3v) is 7.66. The minimum absolute atomic E-state index is 0.0332. The summed E-state index contributed by atoms with van der Waals surface area (Å²) >= 11 is 15.8. The summed E-state index contributed by atoms with van der Waals surface area (Å²) in [6, 6.07) is 13.5. The maximum absolute atomic E-state index is 9.28. The Kier molecular flexibility index (Phi) is 6.74. The molecule has 4 aromatic rings. The van der Waals surface area contributed by atoms with Crippen molar-refractivity contribution in [2.24, 2.45) is 0 Å². The fourth-order valence-electron chi connectivity index (χ4n) is 3.14. The average molecular weight is 490 g/mol. The SMILES string of the molecule is Cc1nn(-c2nc(-c3ccc(Cl)c(Cl)c3)c(SC(C)C)s2)cc1-c1ccc(CO)cc1. The van der Waals surface area contributed by atoms with Crippen molar-refractivity contribution >= 4 is 46.3 Å². The zero-order valence-corrected chi connectivity index (χ0v) is 20.4. The topological polar surface area (TPSA) is 50.9 Å². The quantitative estimate of drug-likeness (QED) is 0.289. The fraction of sp³-hybridized carbons (Fsp3) is 0.217. The van der Waals surface area contributed by atoms with E-state index in [2.05, 4.69) is 13.8 Å². The maximum Gasteiger partial charge on any atom is 0.211 e. The van der Waals surface area contributed by atoms with Gasteiger partial charge in [0.25, 0.3) is 0 Å². The highest BCUT2D eigenvalue weighted by Gasteiger charge is 2.19. The molecule has 0 amide bonds. The monoisotopic (exact) mass is 489 g/mol. The Morgan fingerprint density at radius 1 is 1.06 bits per heavy atom. The highest BCUT2D eigenvalue weighted by Crippen LogP contribution is 2.41. The van der Waals surface area contributed by atoms with Crippen LogP contribution in [0.1, 0.15) is 25.1 Å². The van der Waals surface area contributed by atoms with Crippen LogP contribution in [0, 0.1) is 6.92 Å². The van der Waals surface area contributed by atoms with E-state index in [4.69, 9.17) is 33.3 Å². The van der Waals surface area contributed by atoms with Crippen molar-refractivity contribution in [3.05, 3.63) is 70.0 Å². The van der Waals surface area contributed by atoms with E-state index < -0.39 is 0 Å². The minimum atomic E-state index is 0.0332. The zero-order valence-electron chi connectivity index (χ0n) is 17.3. The molecule has 0 fully saturated rings. The van der Waals surface area contributed by atoms with Gasteiger partial charge in [-0.3, -0.25) is 0 Å². The van der Waals surface area contributed by atoms with Crippen LogP contribution in [0.15, 0.2) is 52.9 Å². The second kappa shape index (κ2) is 9.35. The van der Waals surface area contributed by atoms with E-state index in [-0.39, 0.29) is 6.61 Å². The molecule has 0 saturated heterocycles. The van der Waals surface area contributed by atoms with Gasteiger partial charge in [-0.25, -0.2) is 9.67 Å².